The van der Waals surface area contributed by atoms with Gasteiger partial charge in [0.25, 0.3) is 0 Å². The summed E-state index contributed by atoms with van der Waals surface area (Å²) in [6, 6.07) is 0.742. The van der Waals surface area contributed by atoms with Crippen molar-refractivity contribution >= 4 is 0 Å². The van der Waals surface area contributed by atoms with Gasteiger partial charge in [0.1, 0.15) is 0 Å². The number of piperidine rings is 1. The van der Waals surface area contributed by atoms with Crippen molar-refractivity contribution in [3.8, 4) is 0 Å². The van der Waals surface area contributed by atoms with E-state index in [1.54, 1.807) is 0 Å². The molecule has 0 aromatic heterocycles. The first-order valence-electron chi connectivity index (χ1n) is 6.62. The van der Waals surface area contributed by atoms with Gasteiger partial charge in [0.05, 0.1) is 0 Å². The van der Waals surface area contributed by atoms with E-state index in [1.807, 2.05) is 0 Å². The highest BCUT2D eigenvalue weighted by Gasteiger charge is 2.39. The fraction of sp³-hybridized carbons (Fsp3) is 1.00. The highest BCUT2D eigenvalue weighted by Crippen LogP contribution is 2.40. The molecule has 1 aliphatic heterocycles. The van der Waals surface area contributed by atoms with Gasteiger partial charge < -0.3 is 5.73 Å². The van der Waals surface area contributed by atoms with E-state index in [4.69, 9.17) is 5.73 Å². The van der Waals surface area contributed by atoms with E-state index < -0.39 is 0 Å². The number of nitrogens with zero attached hydrogens (tertiary/aromatic N) is 1. The van der Waals surface area contributed by atoms with Crippen LogP contribution in [0.25, 0.3) is 0 Å². The molecule has 2 fully saturated rings. The second-order valence-electron chi connectivity index (χ2n) is 5.89. The van der Waals surface area contributed by atoms with Crippen LogP contribution in [-0.2, 0) is 0 Å². The first-order valence-corrected chi connectivity index (χ1v) is 6.62. The molecule has 1 saturated carbocycles. The Morgan fingerprint density at radius 1 is 1.27 bits per heavy atom. The van der Waals surface area contributed by atoms with Crippen molar-refractivity contribution in [2.75, 3.05) is 13.1 Å². The average Bonchev–Trinajstić information content (AvgIpc) is 3.02. The van der Waals surface area contributed by atoms with E-state index in [0.717, 1.165) is 18.5 Å². The second-order valence-corrected chi connectivity index (χ2v) is 5.89. The second kappa shape index (κ2) is 4.42. The van der Waals surface area contributed by atoms with Crippen molar-refractivity contribution in [1.29, 1.82) is 0 Å². The molecule has 2 N–H and O–H groups in total. The van der Waals surface area contributed by atoms with Crippen LogP contribution in [0, 0.1) is 5.92 Å². The third-order valence-corrected chi connectivity index (χ3v) is 4.36. The third kappa shape index (κ3) is 2.54. The van der Waals surface area contributed by atoms with Crippen LogP contribution in [0.2, 0.25) is 0 Å². The maximum atomic E-state index is 6.03. The molecule has 0 bridgehead atoms. The van der Waals surface area contributed by atoms with Gasteiger partial charge in [0.15, 0.2) is 0 Å². The first-order chi connectivity index (χ1) is 7.15. The Labute approximate surface area is 94.2 Å². The topological polar surface area (TPSA) is 29.3 Å². The van der Waals surface area contributed by atoms with Crippen LogP contribution in [-0.4, -0.2) is 29.6 Å². The van der Waals surface area contributed by atoms with Gasteiger partial charge in [-0.25, -0.2) is 0 Å². The van der Waals surface area contributed by atoms with E-state index >= 15 is 0 Å². The van der Waals surface area contributed by atoms with Crippen molar-refractivity contribution in [2.45, 2.75) is 64.0 Å². The molecule has 15 heavy (non-hydrogen) atoms. The Hall–Kier alpha value is -0.0800. The van der Waals surface area contributed by atoms with Crippen LogP contribution in [0.4, 0.5) is 0 Å². The van der Waals surface area contributed by atoms with Gasteiger partial charge in [-0.2, -0.15) is 0 Å². The molecule has 88 valence electrons. The minimum Gasteiger partial charge on any atom is -0.329 e. The molecule has 0 aromatic rings. The minimum absolute atomic E-state index is 0.279. The van der Waals surface area contributed by atoms with E-state index in [2.05, 4.69) is 18.7 Å². The van der Waals surface area contributed by atoms with Gasteiger partial charge in [0.2, 0.25) is 0 Å². The largest absolute Gasteiger partial charge is 0.329 e. The molecule has 0 spiro atoms. The zero-order valence-electron chi connectivity index (χ0n) is 10.3. The minimum atomic E-state index is 0.279. The fourth-order valence-corrected chi connectivity index (χ4v) is 3.16. The van der Waals surface area contributed by atoms with Gasteiger partial charge in [-0.05, 0) is 45.6 Å². The normalized spacial score (nSPS) is 32.6. The predicted octanol–water partition coefficient (Wildman–Crippen LogP) is 2.38. The summed E-state index contributed by atoms with van der Waals surface area (Å²) in [5.41, 5.74) is 6.31. The molecule has 1 aliphatic carbocycles. The Balaban J connectivity index is 2.01. The van der Waals surface area contributed by atoms with Crippen LogP contribution >= 0.6 is 0 Å². The molecule has 0 radical (unpaired) electrons. The Kier molecular flexibility index (Phi) is 3.36. The summed E-state index contributed by atoms with van der Waals surface area (Å²) >= 11 is 0. The van der Waals surface area contributed by atoms with Crippen LogP contribution < -0.4 is 5.73 Å². The SMILES string of the molecule is CC1CCCCN1C(C)(CN)CC1CC1. The van der Waals surface area contributed by atoms with Crippen LogP contribution in [0.5, 0.6) is 0 Å². The van der Waals surface area contributed by atoms with Crippen molar-refractivity contribution in [1.82, 2.24) is 4.90 Å². The standard InChI is InChI=1S/C13H26N2/c1-11-5-3-4-8-15(11)13(2,10-14)9-12-6-7-12/h11-12H,3-10,14H2,1-2H3. The van der Waals surface area contributed by atoms with Crippen molar-refractivity contribution in [2.24, 2.45) is 11.7 Å². The Morgan fingerprint density at radius 2 is 2.00 bits per heavy atom. The lowest BCUT2D eigenvalue weighted by atomic mass is 9.88. The molecule has 0 aromatic carbocycles. The zero-order chi connectivity index (χ0) is 10.9. The quantitative estimate of drug-likeness (QED) is 0.772. The molecule has 1 heterocycles. The number of likely N-dealkylation sites (tertiary alicyclic amines) is 1. The molecule has 2 unspecified atom stereocenters. The van der Waals surface area contributed by atoms with Gasteiger partial charge in [-0.15, -0.1) is 0 Å². The predicted molar refractivity (Wildman–Crippen MR) is 64.8 cm³/mol. The monoisotopic (exact) mass is 210 g/mol. The molecule has 2 aliphatic rings. The molecular weight excluding hydrogens is 184 g/mol. The molecule has 2 atom stereocenters. The molecule has 2 nitrogen and oxygen atoms in total. The summed E-state index contributed by atoms with van der Waals surface area (Å²) in [4.78, 5) is 2.69. The number of hydrogen-bond acceptors (Lipinski definition) is 2. The summed E-state index contributed by atoms with van der Waals surface area (Å²) in [7, 11) is 0. The lowest BCUT2D eigenvalue weighted by Crippen LogP contribution is -2.57. The third-order valence-electron chi connectivity index (χ3n) is 4.36. The van der Waals surface area contributed by atoms with Crippen LogP contribution in [0.15, 0.2) is 0 Å². The fourth-order valence-electron chi connectivity index (χ4n) is 3.16. The molecule has 1 saturated heterocycles. The van der Waals surface area contributed by atoms with E-state index in [0.29, 0.717) is 0 Å². The van der Waals surface area contributed by atoms with Crippen molar-refractivity contribution in [3.05, 3.63) is 0 Å². The van der Waals surface area contributed by atoms with E-state index in [1.165, 1.54) is 45.1 Å². The first kappa shape index (κ1) is 11.4. The summed E-state index contributed by atoms with van der Waals surface area (Å²) < 4.78 is 0. The van der Waals surface area contributed by atoms with Gasteiger partial charge in [-0.1, -0.05) is 19.3 Å². The average molecular weight is 210 g/mol. The summed E-state index contributed by atoms with van der Waals surface area (Å²) in [6.07, 6.45) is 8.34. The maximum absolute atomic E-state index is 6.03. The lowest BCUT2D eigenvalue weighted by Gasteiger charge is -2.47. The lowest BCUT2D eigenvalue weighted by molar-refractivity contribution is 0.0321. The Bertz CT molecular complexity index is 213. The summed E-state index contributed by atoms with van der Waals surface area (Å²) in [6.45, 7) is 6.85. The molecular formula is C13H26N2. The highest BCUT2D eigenvalue weighted by atomic mass is 15.2. The summed E-state index contributed by atoms with van der Waals surface area (Å²) in [5, 5.41) is 0. The smallest absolute Gasteiger partial charge is 0.0309 e. The summed E-state index contributed by atoms with van der Waals surface area (Å²) in [5.74, 6) is 0.979. The molecule has 2 rings (SSSR count). The van der Waals surface area contributed by atoms with Crippen LogP contribution in [0.1, 0.15) is 52.4 Å². The van der Waals surface area contributed by atoms with Crippen molar-refractivity contribution < 1.29 is 0 Å². The van der Waals surface area contributed by atoms with Gasteiger partial charge in [-0.3, -0.25) is 4.90 Å². The zero-order valence-corrected chi connectivity index (χ0v) is 10.3. The number of rotatable bonds is 4. The van der Waals surface area contributed by atoms with Crippen LogP contribution in [0.3, 0.4) is 0 Å². The Morgan fingerprint density at radius 3 is 2.53 bits per heavy atom. The number of hydrogen-bond donors (Lipinski definition) is 1. The van der Waals surface area contributed by atoms with Crippen molar-refractivity contribution in [3.63, 3.8) is 0 Å². The van der Waals surface area contributed by atoms with E-state index in [-0.39, 0.29) is 5.54 Å². The molecule has 2 heteroatoms. The highest BCUT2D eigenvalue weighted by molar-refractivity contribution is 4.95. The number of nitrogens with two attached hydrogens (primary N) is 1. The van der Waals surface area contributed by atoms with E-state index in [9.17, 15) is 0 Å². The van der Waals surface area contributed by atoms with Gasteiger partial charge >= 0.3 is 0 Å². The van der Waals surface area contributed by atoms with Gasteiger partial charge in [0, 0.05) is 18.1 Å². The maximum Gasteiger partial charge on any atom is 0.0309 e. The molecule has 0 amide bonds.